The predicted molar refractivity (Wildman–Crippen MR) is 56.7 cm³/mol. The summed E-state index contributed by atoms with van der Waals surface area (Å²) in [4.78, 5) is 26.6. The summed E-state index contributed by atoms with van der Waals surface area (Å²) in [6.45, 7) is 2.97. The molecule has 2 heterocycles. The Morgan fingerprint density at radius 1 is 1.19 bits per heavy atom. The molecule has 16 heavy (non-hydrogen) atoms. The Kier molecular flexibility index (Phi) is 3.28. The summed E-state index contributed by atoms with van der Waals surface area (Å²) in [6, 6.07) is -0.500. The van der Waals surface area contributed by atoms with Gasteiger partial charge in [0.05, 0.1) is 13.2 Å². The number of nitrogens with zero attached hydrogens (tertiary/aromatic N) is 2. The third-order valence-electron chi connectivity index (χ3n) is 3.11. The lowest BCUT2D eigenvalue weighted by Gasteiger charge is -2.32. The van der Waals surface area contributed by atoms with Gasteiger partial charge < -0.3 is 20.3 Å². The van der Waals surface area contributed by atoms with Crippen LogP contribution in [0, 0.1) is 0 Å². The molecule has 2 aliphatic heterocycles. The first-order valence-electron chi connectivity index (χ1n) is 5.63. The van der Waals surface area contributed by atoms with E-state index in [-0.39, 0.29) is 6.03 Å². The number of hydrogen-bond acceptors (Lipinski definition) is 3. The van der Waals surface area contributed by atoms with E-state index in [0.717, 1.165) is 6.42 Å². The molecular formula is C10H17N3O3. The molecule has 1 atom stereocenters. The van der Waals surface area contributed by atoms with E-state index in [1.54, 1.807) is 9.80 Å². The van der Waals surface area contributed by atoms with E-state index in [2.05, 4.69) is 0 Å². The summed E-state index contributed by atoms with van der Waals surface area (Å²) >= 11 is 0. The number of ether oxygens (including phenoxy) is 1. The van der Waals surface area contributed by atoms with Crippen LogP contribution in [0.25, 0.3) is 0 Å². The second-order valence-electron chi connectivity index (χ2n) is 4.14. The van der Waals surface area contributed by atoms with Crippen LogP contribution in [0.1, 0.15) is 12.8 Å². The Morgan fingerprint density at radius 3 is 2.50 bits per heavy atom. The van der Waals surface area contributed by atoms with E-state index >= 15 is 0 Å². The first-order valence-corrected chi connectivity index (χ1v) is 5.63. The zero-order chi connectivity index (χ0) is 11.5. The Hall–Kier alpha value is -1.30. The molecule has 0 radical (unpaired) electrons. The van der Waals surface area contributed by atoms with E-state index in [1.165, 1.54) is 0 Å². The fourth-order valence-corrected chi connectivity index (χ4v) is 2.23. The number of morpholine rings is 1. The maximum atomic E-state index is 12.1. The normalized spacial score (nSPS) is 25.9. The minimum atomic E-state index is -0.421. The number of likely N-dealkylation sites (tertiary alicyclic amines) is 1. The lowest BCUT2D eigenvalue weighted by Crippen LogP contribution is -2.52. The van der Waals surface area contributed by atoms with Gasteiger partial charge in [0, 0.05) is 19.6 Å². The Balaban J connectivity index is 1.99. The van der Waals surface area contributed by atoms with Crippen LogP contribution in [-0.2, 0) is 9.53 Å². The number of carbonyl (C=O) groups excluding carboxylic acids is 2. The van der Waals surface area contributed by atoms with Crippen LogP contribution in [0.2, 0.25) is 0 Å². The minimum Gasteiger partial charge on any atom is -0.378 e. The van der Waals surface area contributed by atoms with Gasteiger partial charge in [0.25, 0.3) is 0 Å². The van der Waals surface area contributed by atoms with Crippen LogP contribution in [0.4, 0.5) is 4.79 Å². The summed E-state index contributed by atoms with van der Waals surface area (Å²) in [5.41, 5.74) is 5.28. The highest BCUT2D eigenvalue weighted by Gasteiger charge is 2.35. The molecule has 0 aromatic rings. The van der Waals surface area contributed by atoms with E-state index < -0.39 is 11.9 Å². The van der Waals surface area contributed by atoms with Crippen molar-refractivity contribution < 1.29 is 14.3 Å². The second kappa shape index (κ2) is 4.69. The molecule has 3 amide bonds. The molecular weight excluding hydrogens is 210 g/mol. The highest BCUT2D eigenvalue weighted by molar-refractivity contribution is 5.86. The summed E-state index contributed by atoms with van der Waals surface area (Å²) in [5.74, 6) is -0.404. The summed E-state index contributed by atoms with van der Waals surface area (Å²) in [5, 5.41) is 0. The first-order chi connectivity index (χ1) is 7.70. The summed E-state index contributed by atoms with van der Waals surface area (Å²) < 4.78 is 5.18. The molecule has 0 aromatic heterocycles. The maximum Gasteiger partial charge on any atom is 0.320 e. The quantitative estimate of drug-likeness (QED) is 0.649. The molecule has 6 heteroatoms. The minimum absolute atomic E-state index is 0.0791. The molecule has 2 N–H and O–H groups in total. The Labute approximate surface area is 94.3 Å². The lowest BCUT2D eigenvalue weighted by molar-refractivity contribution is -0.121. The molecule has 2 aliphatic rings. The highest BCUT2D eigenvalue weighted by Crippen LogP contribution is 2.19. The van der Waals surface area contributed by atoms with Crippen molar-refractivity contribution >= 4 is 11.9 Å². The average Bonchev–Trinajstić information content (AvgIpc) is 2.78. The van der Waals surface area contributed by atoms with Crippen LogP contribution >= 0.6 is 0 Å². The number of amides is 3. The molecule has 2 saturated heterocycles. The van der Waals surface area contributed by atoms with Crippen molar-refractivity contribution in [1.29, 1.82) is 0 Å². The standard InChI is InChI=1S/C10H17N3O3/c11-9(14)8-2-1-3-13(8)10(15)12-4-6-16-7-5-12/h8H,1-7H2,(H2,11,14). The van der Waals surface area contributed by atoms with Crippen LogP contribution in [0.3, 0.4) is 0 Å². The Bertz CT molecular complexity index is 289. The smallest absolute Gasteiger partial charge is 0.320 e. The van der Waals surface area contributed by atoms with Gasteiger partial charge in [0.15, 0.2) is 0 Å². The molecule has 0 aromatic carbocycles. The van der Waals surface area contributed by atoms with E-state index in [4.69, 9.17) is 10.5 Å². The third kappa shape index (κ3) is 2.11. The van der Waals surface area contributed by atoms with E-state index in [0.29, 0.717) is 39.3 Å². The van der Waals surface area contributed by atoms with Crippen LogP contribution < -0.4 is 5.73 Å². The number of hydrogen-bond donors (Lipinski definition) is 1. The number of urea groups is 1. The zero-order valence-corrected chi connectivity index (χ0v) is 9.22. The van der Waals surface area contributed by atoms with Gasteiger partial charge in [-0.2, -0.15) is 0 Å². The SMILES string of the molecule is NC(=O)C1CCCN1C(=O)N1CCOCC1. The van der Waals surface area contributed by atoms with Crippen molar-refractivity contribution in [2.75, 3.05) is 32.8 Å². The van der Waals surface area contributed by atoms with Gasteiger partial charge in [-0.15, -0.1) is 0 Å². The first kappa shape index (κ1) is 11.2. The molecule has 0 aliphatic carbocycles. The largest absolute Gasteiger partial charge is 0.378 e. The van der Waals surface area contributed by atoms with Gasteiger partial charge in [-0.3, -0.25) is 4.79 Å². The van der Waals surface area contributed by atoms with Gasteiger partial charge in [-0.05, 0) is 12.8 Å². The molecule has 2 rings (SSSR count). The van der Waals surface area contributed by atoms with Crippen LogP contribution in [-0.4, -0.2) is 60.6 Å². The summed E-state index contributed by atoms with van der Waals surface area (Å²) in [6.07, 6.45) is 1.54. The molecule has 0 saturated carbocycles. The van der Waals surface area contributed by atoms with Gasteiger partial charge in [0.2, 0.25) is 5.91 Å². The Morgan fingerprint density at radius 2 is 1.88 bits per heavy atom. The molecule has 0 bridgehead atoms. The zero-order valence-electron chi connectivity index (χ0n) is 9.22. The van der Waals surface area contributed by atoms with Crippen molar-refractivity contribution in [3.8, 4) is 0 Å². The number of carbonyl (C=O) groups is 2. The van der Waals surface area contributed by atoms with Crippen LogP contribution in [0.5, 0.6) is 0 Å². The van der Waals surface area contributed by atoms with Crippen molar-refractivity contribution in [1.82, 2.24) is 9.80 Å². The van der Waals surface area contributed by atoms with Gasteiger partial charge in [-0.1, -0.05) is 0 Å². The van der Waals surface area contributed by atoms with Gasteiger partial charge >= 0.3 is 6.03 Å². The van der Waals surface area contributed by atoms with Crippen LogP contribution in [0.15, 0.2) is 0 Å². The summed E-state index contributed by atoms with van der Waals surface area (Å²) in [7, 11) is 0. The average molecular weight is 227 g/mol. The number of primary amides is 1. The predicted octanol–water partition coefficient (Wildman–Crippen LogP) is -0.612. The molecule has 90 valence electrons. The van der Waals surface area contributed by atoms with Crippen molar-refractivity contribution in [2.45, 2.75) is 18.9 Å². The van der Waals surface area contributed by atoms with E-state index in [9.17, 15) is 9.59 Å². The fraction of sp³-hybridized carbons (Fsp3) is 0.800. The van der Waals surface area contributed by atoms with Gasteiger partial charge in [-0.25, -0.2) is 4.79 Å². The molecule has 6 nitrogen and oxygen atoms in total. The van der Waals surface area contributed by atoms with E-state index in [1.807, 2.05) is 0 Å². The molecule has 0 spiro atoms. The maximum absolute atomic E-state index is 12.1. The number of rotatable bonds is 1. The second-order valence-corrected chi connectivity index (χ2v) is 4.14. The topological polar surface area (TPSA) is 75.9 Å². The van der Waals surface area contributed by atoms with Gasteiger partial charge in [0.1, 0.15) is 6.04 Å². The molecule has 1 unspecified atom stereocenters. The fourth-order valence-electron chi connectivity index (χ4n) is 2.23. The molecule has 2 fully saturated rings. The van der Waals surface area contributed by atoms with Crippen molar-refractivity contribution in [2.24, 2.45) is 5.73 Å². The van der Waals surface area contributed by atoms with Crippen molar-refractivity contribution in [3.63, 3.8) is 0 Å². The monoisotopic (exact) mass is 227 g/mol. The van der Waals surface area contributed by atoms with Crippen molar-refractivity contribution in [3.05, 3.63) is 0 Å². The number of nitrogens with two attached hydrogens (primary N) is 1. The lowest BCUT2D eigenvalue weighted by atomic mass is 10.2. The third-order valence-corrected chi connectivity index (χ3v) is 3.11. The highest BCUT2D eigenvalue weighted by atomic mass is 16.5.